The van der Waals surface area contributed by atoms with Crippen LogP contribution in [0.3, 0.4) is 0 Å². The Hall–Kier alpha value is -5.75. The van der Waals surface area contributed by atoms with Crippen LogP contribution in [-0.2, 0) is 46.9 Å². The third kappa shape index (κ3) is 6.87. The smallest absolute Gasteiger partial charge is 0.262 e. The molecule has 1 N–H and O–H groups in total. The number of imide groups is 2. The molecule has 0 aliphatic carbocycles. The van der Waals surface area contributed by atoms with Gasteiger partial charge in [0.25, 0.3) is 11.8 Å². The molecule has 4 aliphatic rings. The zero-order valence-corrected chi connectivity index (χ0v) is 31.8. The number of likely N-dealkylation sites (tertiary alicyclic amines) is 1. The van der Waals surface area contributed by atoms with E-state index in [1.807, 2.05) is 42.2 Å². The standard InChI is InChI=1S/C42H40N8O5S/c1-26-45-46-36-25-55-24-33-32(21-27-6-3-2-4-7-27)35(56-42(33)49(26)36)12-10-29-22-43-48(23-29)19-18-47-16-14-28(15-17-47)20-30-8-5-9-31-38(30)41(54)50(40(31)53)34-11-13-37(51)44-39(34)52/h2-9,22-23,28,34H,11,13-21,24-25H2,1H3,(H,44,51,52). The van der Waals surface area contributed by atoms with Crippen LogP contribution in [0.2, 0.25) is 0 Å². The first-order chi connectivity index (χ1) is 27.3. The van der Waals surface area contributed by atoms with Crippen molar-refractivity contribution in [1.29, 1.82) is 0 Å². The molecule has 9 rings (SSSR count). The normalized spacial score (nSPS) is 18.6. The fraction of sp³-hybridized carbons (Fsp3) is 0.357. The minimum Gasteiger partial charge on any atom is -0.369 e. The van der Waals surface area contributed by atoms with E-state index < -0.39 is 23.8 Å². The predicted octanol–water partition coefficient (Wildman–Crippen LogP) is 4.21. The molecule has 2 fully saturated rings. The fourth-order valence-electron chi connectivity index (χ4n) is 8.32. The number of aryl methyl sites for hydroxylation is 1. The molecule has 13 nitrogen and oxygen atoms in total. The molecule has 0 saturated carbocycles. The largest absolute Gasteiger partial charge is 0.369 e. The summed E-state index contributed by atoms with van der Waals surface area (Å²) in [5.74, 6) is 6.97. The van der Waals surface area contributed by atoms with Crippen molar-refractivity contribution in [3.05, 3.63) is 116 Å². The number of hydrogen-bond acceptors (Lipinski definition) is 10. The maximum atomic E-state index is 13.6. The molecule has 56 heavy (non-hydrogen) atoms. The van der Waals surface area contributed by atoms with Gasteiger partial charge < -0.3 is 9.64 Å². The molecule has 4 aliphatic heterocycles. The molecule has 0 bridgehead atoms. The average Bonchev–Trinajstić information content (AvgIpc) is 3.93. The van der Waals surface area contributed by atoms with Crippen molar-refractivity contribution >= 4 is 35.0 Å². The van der Waals surface area contributed by atoms with Crippen molar-refractivity contribution in [2.75, 3.05) is 19.6 Å². The summed E-state index contributed by atoms with van der Waals surface area (Å²) in [5.41, 5.74) is 5.96. The highest BCUT2D eigenvalue weighted by Gasteiger charge is 2.45. The SMILES string of the molecule is Cc1nnc2n1-c1sc(C#Cc3cnn(CCN4CCC(Cc5cccc6c5C(=O)N(C5CCC(=O)NC5=O)C6=O)CC4)c3)c(Cc3ccccc3)c1COC2. The quantitative estimate of drug-likeness (QED) is 0.181. The van der Waals surface area contributed by atoms with Crippen LogP contribution in [0.4, 0.5) is 0 Å². The minimum absolute atomic E-state index is 0.0987. The van der Waals surface area contributed by atoms with Gasteiger partial charge in [-0.3, -0.25) is 38.6 Å². The van der Waals surface area contributed by atoms with Crippen LogP contribution in [0.1, 0.15) is 90.7 Å². The van der Waals surface area contributed by atoms with Gasteiger partial charge in [-0.1, -0.05) is 54.3 Å². The topological polar surface area (TPSA) is 145 Å². The highest BCUT2D eigenvalue weighted by Crippen LogP contribution is 2.37. The number of benzene rings is 2. The van der Waals surface area contributed by atoms with E-state index in [1.54, 1.807) is 17.4 Å². The summed E-state index contributed by atoms with van der Waals surface area (Å²) in [4.78, 5) is 55.5. The molecule has 5 aromatic rings. The van der Waals surface area contributed by atoms with Crippen molar-refractivity contribution in [2.24, 2.45) is 5.92 Å². The Morgan fingerprint density at radius 2 is 1.77 bits per heavy atom. The van der Waals surface area contributed by atoms with Gasteiger partial charge >= 0.3 is 0 Å². The molecule has 1 atom stereocenters. The zero-order valence-electron chi connectivity index (χ0n) is 31.0. The summed E-state index contributed by atoms with van der Waals surface area (Å²) >= 11 is 1.66. The van der Waals surface area contributed by atoms with Crippen LogP contribution in [-0.4, -0.2) is 83.6 Å². The van der Waals surface area contributed by atoms with Crippen LogP contribution >= 0.6 is 11.3 Å². The number of thiophene rings is 1. The fourth-order valence-corrected chi connectivity index (χ4v) is 9.56. The van der Waals surface area contributed by atoms with Crippen molar-refractivity contribution < 1.29 is 23.9 Å². The molecule has 2 aromatic carbocycles. The van der Waals surface area contributed by atoms with Crippen molar-refractivity contribution in [2.45, 2.75) is 71.2 Å². The summed E-state index contributed by atoms with van der Waals surface area (Å²) < 4.78 is 10.1. The molecular weight excluding hydrogens is 729 g/mol. The Balaban J connectivity index is 0.829. The van der Waals surface area contributed by atoms with E-state index in [0.29, 0.717) is 36.7 Å². The molecule has 0 radical (unpaired) electrons. The van der Waals surface area contributed by atoms with Crippen LogP contribution < -0.4 is 5.32 Å². The molecule has 14 heteroatoms. The van der Waals surface area contributed by atoms with E-state index >= 15 is 0 Å². The van der Waals surface area contributed by atoms with Crippen LogP contribution in [0.5, 0.6) is 0 Å². The van der Waals surface area contributed by atoms with Crippen molar-refractivity contribution in [1.82, 2.24) is 39.7 Å². The van der Waals surface area contributed by atoms with Gasteiger partial charge in [-0.2, -0.15) is 5.10 Å². The maximum Gasteiger partial charge on any atom is 0.262 e. The predicted molar refractivity (Wildman–Crippen MR) is 206 cm³/mol. The number of ether oxygens (including phenoxy) is 1. The molecule has 7 heterocycles. The Morgan fingerprint density at radius 3 is 2.59 bits per heavy atom. The number of carbonyl (C=O) groups is 4. The second-order valence-electron chi connectivity index (χ2n) is 14.9. The summed E-state index contributed by atoms with van der Waals surface area (Å²) in [5, 5.41) is 16.6. The van der Waals surface area contributed by atoms with E-state index in [2.05, 4.69) is 66.2 Å². The van der Waals surface area contributed by atoms with E-state index in [1.165, 1.54) is 11.1 Å². The van der Waals surface area contributed by atoms with Crippen LogP contribution in [0, 0.1) is 24.7 Å². The van der Waals surface area contributed by atoms with Crippen LogP contribution in [0.15, 0.2) is 60.9 Å². The number of rotatable bonds is 8. The molecule has 4 amide bonds. The summed E-state index contributed by atoms with van der Waals surface area (Å²) in [6.07, 6.45) is 7.45. The lowest BCUT2D eigenvalue weighted by Gasteiger charge is -2.32. The second-order valence-corrected chi connectivity index (χ2v) is 15.9. The summed E-state index contributed by atoms with van der Waals surface area (Å²) in [7, 11) is 0. The first kappa shape index (κ1) is 35.9. The lowest BCUT2D eigenvalue weighted by Crippen LogP contribution is -2.54. The first-order valence-electron chi connectivity index (χ1n) is 19.1. The highest BCUT2D eigenvalue weighted by molar-refractivity contribution is 7.15. The molecule has 284 valence electrons. The summed E-state index contributed by atoms with van der Waals surface area (Å²) in [6, 6.07) is 14.9. The van der Waals surface area contributed by atoms with Gasteiger partial charge in [0.15, 0.2) is 5.82 Å². The Kier molecular flexibility index (Phi) is 9.66. The number of fused-ring (bicyclic) bond motifs is 4. The minimum atomic E-state index is -0.965. The zero-order chi connectivity index (χ0) is 38.3. The number of nitrogens with one attached hydrogen (secondary N) is 1. The number of hydrogen-bond donors (Lipinski definition) is 1. The van der Waals surface area contributed by atoms with Crippen molar-refractivity contribution in [3.8, 4) is 16.8 Å². The molecule has 3 aromatic heterocycles. The van der Waals surface area contributed by atoms with E-state index in [9.17, 15) is 19.2 Å². The van der Waals surface area contributed by atoms with Gasteiger partial charge in [0.1, 0.15) is 23.5 Å². The third-order valence-corrected chi connectivity index (χ3v) is 12.4. The van der Waals surface area contributed by atoms with Gasteiger partial charge in [-0.05, 0) is 80.8 Å². The van der Waals surface area contributed by atoms with Crippen molar-refractivity contribution in [3.63, 3.8) is 0 Å². The lowest BCUT2D eigenvalue weighted by atomic mass is 9.87. The van der Waals surface area contributed by atoms with Gasteiger partial charge in [0, 0.05) is 24.7 Å². The third-order valence-electron chi connectivity index (χ3n) is 11.3. The molecule has 0 spiro atoms. The van der Waals surface area contributed by atoms with E-state index in [-0.39, 0.29) is 18.7 Å². The van der Waals surface area contributed by atoms with Gasteiger partial charge in [0.2, 0.25) is 11.8 Å². The first-order valence-corrected chi connectivity index (χ1v) is 19.9. The number of amides is 4. The van der Waals surface area contributed by atoms with Crippen LogP contribution in [0.25, 0.3) is 5.00 Å². The Morgan fingerprint density at radius 1 is 0.929 bits per heavy atom. The monoisotopic (exact) mass is 768 g/mol. The maximum absolute atomic E-state index is 13.6. The second kappa shape index (κ2) is 15.1. The number of nitrogens with zero attached hydrogens (tertiary/aromatic N) is 7. The lowest BCUT2D eigenvalue weighted by molar-refractivity contribution is -0.136. The molecule has 1 unspecified atom stereocenters. The van der Waals surface area contributed by atoms with E-state index in [4.69, 9.17) is 4.74 Å². The Bertz CT molecular complexity index is 2430. The van der Waals surface area contributed by atoms with Gasteiger partial charge in [-0.25, -0.2) is 0 Å². The number of carbonyl (C=O) groups excluding carboxylic acids is 4. The summed E-state index contributed by atoms with van der Waals surface area (Å²) in [6.45, 7) is 6.32. The number of aromatic nitrogens is 5. The molecule has 2 saturated heterocycles. The van der Waals surface area contributed by atoms with Gasteiger partial charge in [-0.15, -0.1) is 21.5 Å². The number of piperidine rings is 2. The Labute approximate surface area is 327 Å². The van der Waals surface area contributed by atoms with Gasteiger partial charge in [0.05, 0.1) is 40.9 Å². The van der Waals surface area contributed by atoms with E-state index in [0.717, 1.165) is 88.6 Å². The average molecular weight is 769 g/mol. The molecular formula is C42H40N8O5S. The highest BCUT2D eigenvalue weighted by atomic mass is 32.1.